The molecule has 0 N–H and O–H groups in total. The Hall–Kier alpha value is -2.56. The molecule has 0 atom stereocenters. The van der Waals surface area contributed by atoms with Gasteiger partial charge in [-0.05, 0) is 32.4 Å². The third kappa shape index (κ3) is 1.87. The molecule has 0 saturated heterocycles. The maximum atomic E-state index is 14.9. The van der Waals surface area contributed by atoms with E-state index in [1.54, 1.807) is 28.9 Å². The van der Waals surface area contributed by atoms with E-state index in [-0.39, 0.29) is 5.56 Å². The van der Waals surface area contributed by atoms with Crippen molar-refractivity contribution in [3.05, 3.63) is 71.0 Å². The number of alkyl halides is 2. The smallest absolute Gasteiger partial charge is 0.271 e. The molecule has 0 saturated carbocycles. The van der Waals surface area contributed by atoms with E-state index in [0.717, 1.165) is 16.6 Å². The number of hydrogen-bond donors (Lipinski definition) is 0. The van der Waals surface area contributed by atoms with Gasteiger partial charge < -0.3 is 0 Å². The van der Waals surface area contributed by atoms with Crippen LogP contribution < -0.4 is 0 Å². The number of hydrogen-bond acceptors (Lipinski definition) is 2. The molecular formula is C19H17F2N3. The van der Waals surface area contributed by atoms with Crippen LogP contribution >= 0.6 is 0 Å². The molecule has 1 aliphatic heterocycles. The second-order valence-corrected chi connectivity index (χ2v) is 6.68. The molecule has 0 spiro atoms. The van der Waals surface area contributed by atoms with E-state index in [2.05, 4.69) is 10.1 Å². The van der Waals surface area contributed by atoms with Gasteiger partial charge in [0.25, 0.3) is 5.92 Å². The fourth-order valence-corrected chi connectivity index (χ4v) is 3.30. The number of halogens is 2. The van der Waals surface area contributed by atoms with Crippen LogP contribution in [0.3, 0.4) is 0 Å². The van der Waals surface area contributed by atoms with E-state index in [9.17, 15) is 8.78 Å². The molecule has 3 nitrogen and oxygen atoms in total. The largest absolute Gasteiger partial charge is 0.297 e. The van der Waals surface area contributed by atoms with E-state index in [1.165, 1.54) is 19.9 Å². The van der Waals surface area contributed by atoms with Crippen molar-refractivity contribution in [1.82, 2.24) is 9.61 Å². The first kappa shape index (κ1) is 15.0. The Morgan fingerprint density at radius 3 is 2.54 bits per heavy atom. The van der Waals surface area contributed by atoms with Crippen LogP contribution in [0.15, 0.2) is 53.8 Å². The second kappa shape index (κ2) is 4.72. The zero-order valence-corrected chi connectivity index (χ0v) is 13.7. The lowest BCUT2D eigenvalue weighted by Gasteiger charge is -2.37. The third-order valence-electron chi connectivity index (χ3n) is 4.68. The monoisotopic (exact) mass is 325 g/mol. The first-order valence-corrected chi connectivity index (χ1v) is 7.84. The lowest BCUT2D eigenvalue weighted by atomic mass is 9.81. The van der Waals surface area contributed by atoms with Gasteiger partial charge in [-0.2, -0.15) is 13.9 Å². The summed E-state index contributed by atoms with van der Waals surface area (Å²) >= 11 is 0. The lowest BCUT2D eigenvalue weighted by Crippen LogP contribution is -2.44. The van der Waals surface area contributed by atoms with Crippen LogP contribution in [-0.4, -0.2) is 20.9 Å². The fraction of sp³-hybridized carbons (Fsp3) is 0.263. The normalized spacial score (nSPS) is 18.3. The number of pyridine rings is 1. The number of benzene rings is 1. The molecule has 5 heteroatoms. The average molecular weight is 325 g/mol. The minimum Gasteiger partial charge on any atom is -0.271 e. The molecule has 1 aromatic carbocycles. The Morgan fingerprint density at radius 2 is 1.75 bits per heavy atom. The Balaban J connectivity index is 2.06. The van der Waals surface area contributed by atoms with E-state index in [4.69, 9.17) is 0 Å². The summed E-state index contributed by atoms with van der Waals surface area (Å²) in [6, 6.07) is 10.5. The zero-order valence-electron chi connectivity index (χ0n) is 13.7. The number of nitrogens with zero attached hydrogens (tertiary/aromatic N) is 3. The molecule has 3 heterocycles. The van der Waals surface area contributed by atoms with Crippen molar-refractivity contribution in [1.29, 1.82) is 0 Å². The van der Waals surface area contributed by atoms with Crippen LogP contribution in [0, 0.1) is 6.92 Å². The van der Waals surface area contributed by atoms with Crippen LogP contribution in [0.4, 0.5) is 8.78 Å². The fourth-order valence-electron chi connectivity index (χ4n) is 3.30. The van der Waals surface area contributed by atoms with Gasteiger partial charge in [-0.25, -0.2) is 4.52 Å². The Kier molecular flexibility index (Phi) is 2.95. The molecule has 4 rings (SSSR count). The Bertz CT molecular complexity index is 983. The van der Waals surface area contributed by atoms with Crippen molar-refractivity contribution < 1.29 is 8.78 Å². The van der Waals surface area contributed by atoms with Crippen LogP contribution in [0.1, 0.15) is 36.1 Å². The molecule has 122 valence electrons. The first-order valence-electron chi connectivity index (χ1n) is 7.84. The summed E-state index contributed by atoms with van der Waals surface area (Å²) in [5.41, 5.74) is 2.25. The van der Waals surface area contributed by atoms with Crippen LogP contribution in [0.5, 0.6) is 0 Å². The number of fused-ring (bicyclic) bond motifs is 2. The number of aliphatic imine (C=N–C) groups is 1. The highest BCUT2D eigenvalue weighted by Gasteiger charge is 2.52. The average Bonchev–Trinajstić information content (AvgIpc) is 2.97. The van der Waals surface area contributed by atoms with Gasteiger partial charge in [0.1, 0.15) is 5.54 Å². The molecule has 0 bridgehead atoms. The predicted molar refractivity (Wildman–Crippen MR) is 90.0 cm³/mol. The summed E-state index contributed by atoms with van der Waals surface area (Å²) in [4.78, 5) is 4.46. The highest BCUT2D eigenvalue weighted by atomic mass is 19.3. The summed E-state index contributed by atoms with van der Waals surface area (Å²) in [6.07, 6.45) is 3.55. The van der Waals surface area contributed by atoms with Gasteiger partial charge in [0.15, 0.2) is 0 Å². The lowest BCUT2D eigenvalue weighted by molar-refractivity contribution is -0.0681. The molecule has 0 amide bonds. The molecule has 2 aromatic heterocycles. The van der Waals surface area contributed by atoms with Gasteiger partial charge >= 0.3 is 0 Å². The molecular weight excluding hydrogens is 308 g/mol. The van der Waals surface area contributed by atoms with Crippen molar-refractivity contribution >= 4 is 11.2 Å². The first-order chi connectivity index (χ1) is 11.3. The van der Waals surface area contributed by atoms with Gasteiger partial charge in [-0.15, -0.1) is 0 Å². The SMILES string of the molecule is Cc1cccn2ncc(C3=NC(C)(C)C(F)(F)c4ccccc43)c12. The Labute approximate surface area is 138 Å². The summed E-state index contributed by atoms with van der Waals surface area (Å²) < 4.78 is 31.5. The van der Waals surface area contributed by atoms with Gasteiger partial charge in [-0.1, -0.05) is 30.3 Å². The molecule has 0 radical (unpaired) electrons. The summed E-state index contributed by atoms with van der Waals surface area (Å²) in [5.74, 6) is -3.02. The summed E-state index contributed by atoms with van der Waals surface area (Å²) in [7, 11) is 0. The number of aryl methyl sites for hydroxylation is 1. The van der Waals surface area contributed by atoms with Crippen LogP contribution in [0.25, 0.3) is 5.52 Å². The molecule has 1 aliphatic rings. The number of rotatable bonds is 1. The van der Waals surface area contributed by atoms with Crippen LogP contribution in [-0.2, 0) is 5.92 Å². The summed E-state index contributed by atoms with van der Waals surface area (Å²) in [5, 5.41) is 4.36. The molecule has 24 heavy (non-hydrogen) atoms. The highest BCUT2D eigenvalue weighted by Crippen LogP contribution is 2.46. The predicted octanol–water partition coefficient (Wildman–Crippen LogP) is 4.36. The quantitative estimate of drug-likeness (QED) is 0.653. The number of aromatic nitrogens is 2. The Morgan fingerprint density at radius 1 is 1.00 bits per heavy atom. The molecule has 0 unspecified atom stereocenters. The second-order valence-electron chi connectivity index (χ2n) is 6.68. The zero-order chi connectivity index (χ0) is 17.1. The van der Waals surface area contributed by atoms with Crippen molar-refractivity contribution in [3.63, 3.8) is 0 Å². The maximum absolute atomic E-state index is 14.9. The van der Waals surface area contributed by atoms with Crippen molar-refractivity contribution in [2.45, 2.75) is 32.2 Å². The van der Waals surface area contributed by atoms with Crippen molar-refractivity contribution in [2.24, 2.45) is 4.99 Å². The standard InChI is InChI=1S/C19H17F2N3/c1-12-7-6-10-24-17(12)14(11-22-24)16-13-8-4-5-9-15(13)19(20,21)18(2,3)23-16/h4-11H,1-3H3. The van der Waals surface area contributed by atoms with Crippen LogP contribution in [0.2, 0.25) is 0 Å². The van der Waals surface area contributed by atoms with E-state index < -0.39 is 11.5 Å². The molecule has 3 aromatic rings. The minimum atomic E-state index is -3.02. The van der Waals surface area contributed by atoms with Crippen molar-refractivity contribution in [2.75, 3.05) is 0 Å². The van der Waals surface area contributed by atoms with Gasteiger partial charge in [0, 0.05) is 22.9 Å². The molecule has 0 fully saturated rings. The summed E-state index contributed by atoms with van der Waals surface area (Å²) in [6.45, 7) is 4.93. The van der Waals surface area contributed by atoms with Gasteiger partial charge in [0.05, 0.1) is 17.4 Å². The van der Waals surface area contributed by atoms with Gasteiger partial charge in [0.2, 0.25) is 0 Å². The van der Waals surface area contributed by atoms with E-state index in [0.29, 0.717) is 11.3 Å². The maximum Gasteiger partial charge on any atom is 0.297 e. The highest BCUT2D eigenvalue weighted by molar-refractivity contribution is 6.18. The van der Waals surface area contributed by atoms with E-state index in [1.807, 2.05) is 25.3 Å². The third-order valence-corrected chi connectivity index (χ3v) is 4.68. The molecule has 0 aliphatic carbocycles. The minimum absolute atomic E-state index is 0.0212. The van der Waals surface area contributed by atoms with Crippen molar-refractivity contribution in [3.8, 4) is 0 Å². The topological polar surface area (TPSA) is 29.7 Å². The van der Waals surface area contributed by atoms with E-state index >= 15 is 0 Å². The van der Waals surface area contributed by atoms with Gasteiger partial charge in [-0.3, -0.25) is 4.99 Å².